The quantitative estimate of drug-likeness (QED) is 0.724. The highest BCUT2D eigenvalue weighted by atomic mass is 16.5. The molecule has 2 N–H and O–H groups in total. The zero-order chi connectivity index (χ0) is 12.3. The van der Waals surface area contributed by atoms with Crippen molar-refractivity contribution in [1.82, 2.24) is 9.80 Å². The third kappa shape index (κ3) is 2.97. The summed E-state index contributed by atoms with van der Waals surface area (Å²) in [7, 11) is 0. The summed E-state index contributed by atoms with van der Waals surface area (Å²) >= 11 is 0. The summed E-state index contributed by atoms with van der Waals surface area (Å²) in [6.07, 6.45) is 0.966. The molecule has 2 heterocycles. The maximum atomic E-state index is 12.3. The smallest absolute Gasteiger partial charge is 0.228 e. The molecule has 0 spiro atoms. The number of amides is 1. The summed E-state index contributed by atoms with van der Waals surface area (Å²) in [5, 5.41) is 0. The minimum atomic E-state index is 0.0797. The molecule has 0 radical (unpaired) electrons. The maximum absolute atomic E-state index is 12.3. The van der Waals surface area contributed by atoms with Gasteiger partial charge >= 0.3 is 0 Å². The Kier molecular flexibility index (Phi) is 4.36. The van der Waals surface area contributed by atoms with Crippen molar-refractivity contribution < 1.29 is 9.53 Å². The first-order valence-electron chi connectivity index (χ1n) is 6.55. The van der Waals surface area contributed by atoms with E-state index in [4.69, 9.17) is 10.5 Å². The van der Waals surface area contributed by atoms with Gasteiger partial charge in [0.25, 0.3) is 0 Å². The van der Waals surface area contributed by atoms with E-state index in [2.05, 4.69) is 4.90 Å². The Morgan fingerprint density at radius 1 is 1.35 bits per heavy atom. The Hall–Kier alpha value is -0.650. The van der Waals surface area contributed by atoms with Crippen molar-refractivity contribution in [2.24, 2.45) is 11.7 Å². The largest absolute Gasteiger partial charge is 0.378 e. The number of carbonyl (C=O) groups excluding carboxylic acids is 1. The van der Waals surface area contributed by atoms with Gasteiger partial charge in [0.05, 0.1) is 12.0 Å². The molecule has 0 aromatic rings. The highest BCUT2D eigenvalue weighted by Gasteiger charge is 2.34. The van der Waals surface area contributed by atoms with E-state index in [-0.39, 0.29) is 17.9 Å². The number of piperazine rings is 1. The Morgan fingerprint density at radius 3 is 2.59 bits per heavy atom. The summed E-state index contributed by atoms with van der Waals surface area (Å²) in [5.41, 5.74) is 5.53. The van der Waals surface area contributed by atoms with E-state index in [0.29, 0.717) is 6.54 Å². The fourth-order valence-electron chi connectivity index (χ4n) is 2.66. The third-order valence-corrected chi connectivity index (χ3v) is 3.82. The van der Waals surface area contributed by atoms with Gasteiger partial charge in [0.15, 0.2) is 0 Å². The molecule has 2 aliphatic heterocycles. The predicted octanol–water partition coefficient (Wildman–Crippen LogP) is -0.486. The monoisotopic (exact) mass is 241 g/mol. The number of hydrogen-bond donors (Lipinski definition) is 1. The second-order valence-electron chi connectivity index (χ2n) is 4.93. The lowest BCUT2D eigenvalue weighted by Gasteiger charge is -2.36. The van der Waals surface area contributed by atoms with Gasteiger partial charge in [-0.05, 0) is 13.3 Å². The topological polar surface area (TPSA) is 58.8 Å². The first kappa shape index (κ1) is 12.8. The summed E-state index contributed by atoms with van der Waals surface area (Å²) in [6, 6.07) is 0. The van der Waals surface area contributed by atoms with Crippen molar-refractivity contribution in [3.05, 3.63) is 0 Å². The zero-order valence-corrected chi connectivity index (χ0v) is 10.6. The second kappa shape index (κ2) is 5.80. The average molecular weight is 241 g/mol. The van der Waals surface area contributed by atoms with E-state index in [9.17, 15) is 4.79 Å². The molecular weight excluding hydrogens is 218 g/mol. The van der Waals surface area contributed by atoms with Gasteiger partial charge in [0, 0.05) is 45.9 Å². The average Bonchev–Trinajstić information content (AvgIpc) is 2.76. The van der Waals surface area contributed by atoms with Crippen molar-refractivity contribution in [2.45, 2.75) is 19.4 Å². The lowest BCUT2D eigenvalue weighted by molar-refractivity contribution is -0.138. The van der Waals surface area contributed by atoms with E-state index < -0.39 is 0 Å². The van der Waals surface area contributed by atoms with Crippen LogP contribution in [0.1, 0.15) is 13.3 Å². The van der Waals surface area contributed by atoms with Crippen molar-refractivity contribution >= 4 is 5.91 Å². The van der Waals surface area contributed by atoms with E-state index in [1.54, 1.807) is 0 Å². The van der Waals surface area contributed by atoms with Crippen LogP contribution in [0.2, 0.25) is 0 Å². The summed E-state index contributed by atoms with van der Waals surface area (Å²) < 4.78 is 5.46. The fraction of sp³-hybridized carbons (Fsp3) is 0.917. The predicted molar refractivity (Wildman–Crippen MR) is 65.6 cm³/mol. The number of rotatable bonds is 3. The van der Waals surface area contributed by atoms with Gasteiger partial charge in [0.2, 0.25) is 5.91 Å². The van der Waals surface area contributed by atoms with Crippen LogP contribution in [0.3, 0.4) is 0 Å². The lowest BCUT2D eigenvalue weighted by atomic mass is 10.0. The molecule has 2 rings (SSSR count). The van der Waals surface area contributed by atoms with E-state index in [1.165, 1.54) is 0 Å². The summed E-state index contributed by atoms with van der Waals surface area (Å²) in [6.45, 7) is 7.93. The molecule has 2 unspecified atom stereocenters. The number of carbonyl (C=O) groups is 1. The van der Waals surface area contributed by atoms with Crippen molar-refractivity contribution in [3.63, 3.8) is 0 Å². The molecule has 98 valence electrons. The Balaban J connectivity index is 1.82. The Bertz CT molecular complexity index is 264. The summed E-state index contributed by atoms with van der Waals surface area (Å²) in [4.78, 5) is 16.6. The van der Waals surface area contributed by atoms with Crippen molar-refractivity contribution in [3.8, 4) is 0 Å². The van der Waals surface area contributed by atoms with Gasteiger partial charge in [-0.1, -0.05) is 0 Å². The highest BCUT2D eigenvalue weighted by Crippen LogP contribution is 2.23. The first-order valence-corrected chi connectivity index (χ1v) is 6.55. The molecule has 0 aromatic heterocycles. The molecule has 0 aromatic carbocycles. The van der Waals surface area contributed by atoms with Crippen LogP contribution in [0.4, 0.5) is 0 Å². The van der Waals surface area contributed by atoms with Gasteiger partial charge in [-0.2, -0.15) is 0 Å². The number of ether oxygens (including phenoxy) is 1. The molecule has 0 aliphatic carbocycles. The van der Waals surface area contributed by atoms with Crippen molar-refractivity contribution in [1.29, 1.82) is 0 Å². The molecule has 0 bridgehead atoms. The third-order valence-electron chi connectivity index (χ3n) is 3.82. The molecule has 2 saturated heterocycles. The molecule has 0 saturated carbocycles. The fourth-order valence-corrected chi connectivity index (χ4v) is 2.66. The zero-order valence-electron chi connectivity index (χ0n) is 10.6. The SMILES string of the molecule is CC1OCCC1C(=O)N1CCN(CCN)CC1. The molecule has 2 atom stereocenters. The van der Waals surface area contributed by atoms with Crippen LogP contribution in [0.15, 0.2) is 0 Å². The van der Waals surface area contributed by atoms with E-state index >= 15 is 0 Å². The van der Waals surface area contributed by atoms with Crippen LogP contribution in [-0.4, -0.2) is 67.7 Å². The van der Waals surface area contributed by atoms with Crippen LogP contribution >= 0.6 is 0 Å². The minimum absolute atomic E-state index is 0.0797. The van der Waals surface area contributed by atoms with E-state index in [0.717, 1.165) is 45.8 Å². The van der Waals surface area contributed by atoms with Gasteiger partial charge < -0.3 is 15.4 Å². The van der Waals surface area contributed by atoms with Gasteiger partial charge in [-0.25, -0.2) is 0 Å². The maximum Gasteiger partial charge on any atom is 0.228 e. The number of nitrogens with zero attached hydrogens (tertiary/aromatic N) is 2. The second-order valence-corrected chi connectivity index (χ2v) is 4.93. The number of nitrogens with two attached hydrogens (primary N) is 1. The van der Waals surface area contributed by atoms with Gasteiger partial charge in [-0.3, -0.25) is 9.69 Å². The lowest BCUT2D eigenvalue weighted by Crippen LogP contribution is -2.51. The minimum Gasteiger partial charge on any atom is -0.378 e. The molecule has 5 nitrogen and oxygen atoms in total. The van der Waals surface area contributed by atoms with Crippen molar-refractivity contribution in [2.75, 3.05) is 45.9 Å². The Morgan fingerprint density at radius 2 is 2.06 bits per heavy atom. The van der Waals surface area contributed by atoms with Crippen LogP contribution in [-0.2, 0) is 9.53 Å². The van der Waals surface area contributed by atoms with Gasteiger partial charge in [-0.15, -0.1) is 0 Å². The highest BCUT2D eigenvalue weighted by molar-refractivity contribution is 5.79. The molecule has 1 amide bonds. The molecular formula is C12H23N3O2. The summed E-state index contributed by atoms with van der Waals surface area (Å²) in [5.74, 6) is 0.360. The molecule has 17 heavy (non-hydrogen) atoms. The first-order chi connectivity index (χ1) is 8.22. The normalized spacial score (nSPS) is 30.8. The van der Waals surface area contributed by atoms with Crippen LogP contribution in [0, 0.1) is 5.92 Å². The molecule has 2 fully saturated rings. The molecule has 2 aliphatic rings. The Labute approximate surface area is 103 Å². The number of hydrogen-bond acceptors (Lipinski definition) is 4. The van der Waals surface area contributed by atoms with Gasteiger partial charge in [0.1, 0.15) is 0 Å². The van der Waals surface area contributed by atoms with E-state index in [1.807, 2.05) is 11.8 Å². The molecule has 5 heteroatoms. The van der Waals surface area contributed by atoms with Crippen LogP contribution in [0.25, 0.3) is 0 Å². The standard InChI is InChI=1S/C12H23N3O2/c1-10-11(2-9-17-10)12(16)15-7-5-14(4-3-13)6-8-15/h10-11H,2-9,13H2,1H3. The van der Waals surface area contributed by atoms with Crippen LogP contribution in [0.5, 0.6) is 0 Å². The van der Waals surface area contributed by atoms with Crippen LogP contribution < -0.4 is 5.73 Å².